The van der Waals surface area contributed by atoms with Gasteiger partial charge in [-0.3, -0.25) is 4.68 Å². The Bertz CT molecular complexity index is 580. The zero-order valence-electron chi connectivity index (χ0n) is 11.8. The van der Waals surface area contributed by atoms with Crippen molar-refractivity contribution in [1.82, 2.24) is 15.1 Å². The van der Waals surface area contributed by atoms with Crippen LogP contribution >= 0.6 is 15.9 Å². The fourth-order valence-corrected chi connectivity index (χ4v) is 2.57. The largest absolute Gasteiger partial charge is 0.312 e. The molecule has 0 aliphatic rings. The molecule has 2 rings (SSSR count). The highest BCUT2D eigenvalue weighted by Gasteiger charge is 2.03. The zero-order valence-corrected chi connectivity index (χ0v) is 13.4. The average molecular weight is 340 g/mol. The number of hydrogen-bond acceptors (Lipinski definition) is 2. The van der Waals surface area contributed by atoms with Crippen molar-refractivity contribution in [1.29, 1.82) is 0 Å². The van der Waals surface area contributed by atoms with Gasteiger partial charge in [0.15, 0.2) is 0 Å². The van der Waals surface area contributed by atoms with Crippen LogP contribution in [0.25, 0.3) is 0 Å². The maximum atomic E-state index is 13.5. The molecule has 0 spiro atoms. The molecule has 5 heteroatoms. The lowest BCUT2D eigenvalue weighted by Crippen LogP contribution is -2.18. The zero-order chi connectivity index (χ0) is 14.5. The molecule has 0 aliphatic heterocycles. The standard InChI is InChI=1S/C15H19BrFN3/c1-11-8-12(2)20(19-11)7-3-6-18-10-13-9-14(16)4-5-15(13)17/h4-5,8-9,18H,3,6-7,10H2,1-2H3. The van der Waals surface area contributed by atoms with Crippen molar-refractivity contribution in [3.63, 3.8) is 0 Å². The molecule has 0 aliphatic carbocycles. The van der Waals surface area contributed by atoms with Crippen LogP contribution < -0.4 is 5.32 Å². The van der Waals surface area contributed by atoms with Gasteiger partial charge in [-0.2, -0.15) is 5.10 Å². The minimum Gasteiger partial charge on any atom is -0.312 e. The SMILES string of the molecule is Cc1cc(C)n(CCCNCc2cc(Br)ccc2F)n1. The molecular weight excluding hydrogens is 321 g/mol. The van der Waals surface area contributed by atoms with Gasteiger partial charge in [0.25, 0.3) is 0 Å². The predicted molar refractivity (Wildman–Crippen MR) is 82.1 cm³/mol. The molecule has 3 nitrogen and oxygen atoms in total. The van der Waals surface area contributed by atoms with Gasteiger partial charge in [-0.15, -0.1) is 0 Å². The summed E-state index contributed by atoms with van der Waals surface area (Å²) in [6.07, 6.45) is 0.970. The Labute approximate surface area is 127 Å². The second kappa shape index (κ2) is 6.99. The van der Waals surface area contributed by atoms with E-state index in [0.717, 1.165) is 29.7 Å². The molecule has 0 saturated carbocycles. The molecule has 1 aromatic carbocycles. The van der Waals surface area contributed by atoms with Gasteiger partial charge in [-0.1, -0.05) is 15.9 Å². The molecule has 0 unspecified atom stereocenters. The first kappa shape index (κ1) is 15.2. The van der Waals surface area contributed by atoms with Crippen LogP contribution in [-0.2, 0) is 13.1 Å². The molecule has 0 atom stereocenters. The van der Waals surface area contributed by atoms with Gasteiger partial charge in [0.2, 0.25) is 0 Å². The maximum Gasteiger partial charge on any atom is 0.127 e. The molecule has 0 saturated heterocycles. The second-order valence-electron chi connectivity index (χ2n) is 4.92. The number of aryl methyl sites for hydroxylation is 3. The van der Waals surface area contributed by atoms with E-state index < -0.39 is 0 Å². The smallest absolute Gasteiger partial charge is 0.127 e. The molecule has 1 heterocycles. The number of benzene rings is 1. The number of halogens is 2. The van der Waals surface area contributed by atoms with E-state index in [-0.39, 0.29) is 5.82 Å². The number of nitrogens with one attached hydrogen (secondary N) is 1. The van der Waals surface area contributed by atoms with Crippen molar-refractivity contribution in [2.24, 2.45) is 0 Å². The van der Waals surface area contributed by atoms with E-state index in [1.54, 1.807) is 6.07 Å². The van der Waals surface area contributed by atoms with Crippen molar-refractivity contribution >= 4 is 15.9 Å². The summed E-state index contributed by atoms with van der Waals surface area (Å²) in [5.74, 6) is -0.167. The van der Waals surface area contributed by atoms with Crippen molar-refractivity contribution in [2.75, 3.05) is 6.54 Å². The van der Waals surface area contributed by atoms with Crippen molar-refractivity contribution in [3.05, 3.63) is 51.5 Å². The molecule has 0 fully saturated rings. The fourth-order valence-electron chi connectivity index (χ4n) is 2.16. The normalized spacial score (nSPS) is 11.0. The third kappa shape index (κ3) is 4.15. The van der Waals surface area contributed by atoms with E-state index in [1.807, 2.05) is 17.7 Å². The molecule has 0 amide bonds. The van der Waals surface area contributed by atoms with Gasteiger partial charge in [0.05, 0.1) is 5.69 Å². The van der Waals surface area contributed by atoms with Crippen LogP contribution in [0.2, 0.25) is 0 Å². The highest BCUT2D eigenvalue weighted by atomic mass is 79.9. The first-order valence-electron chi connectivity index (χ1n) is 6.72. The summed E-state index contributed by atoms with van der Waals surface area (Å²) in [5.41, 5.74) is 2.91. The van der Waals surface area contributed by atoms with Gasteiger partial charge in [0.1, 0.15) is 5.82 Å². The molecule has 108 valence electrons. The minimum absolute atomic E-state index is 0.167. The molecule has 1 N–H and O–H groups in total. The van der Waals surface area contributed by atoms with Gasteiger partial charge in [-0.25, -0.2) is 4.39 Å². The fraction of sp³-hybridized carbons (Fsp3) is 0.400. The Balaban J connectivity index is 1.74. The van der Waals surface area contributed by atoms with Crippen LogP contribution in [-0.4, -0.2) is 16.3 Å². The van der Waals surface area contributed by atoms with Gasteiger partial charge in [0, 0.05) is 28.8 Å². The quantitative estimate of drug-likeness (QED) is 0.815. The van der Waals surface area contributed by atoms with E-state index in [4.69, 9.17) is 0 Å². The monoisotopic (exact) mass is 339 g/mol. The lowest BCUT2D eigenvalue weighted by Gasteiger charge is -2.07. The van der Waals surface area contributed by atoms with Crippen molar-refractivity contribution < 1.29 is 4.39 Å². The van der Waals surface area contributed by atoms with E-state index in [1.165, 1.54) is 11.8 Å². The van der Waals surface area contributed by atoms with Gasteiger partial charge < -0.3 is 5.32 Å². The highest BCUT2D eigenvalue weighted by Crippen LogP contribution is 2.15. The molecule has 0 bridgehead atoms. The number of hydrogen-bond donors (Lipinski definition) is 1. The highest BCUT2D eigenvalue weighted by molar-refractivity contribution is 9.10. The average Bonchev–Trinajstić information content (AvgIpc) is 2.71. The summed E-state index contributed by atoms with van der Waals surface area (Å²) >= 11 is 3.35. The first-order chi connectivity index (χ1) is 9.56. The van der Waals surface area contributed by atoms with E-state index >= 15 is 0 Å². The number of rotatable bonds is 6. The summed E-state index contributed by atoms with van der Waals surface area (Å²) in [6, 6.07) is 7.08. The molecule has 0 radical (unpaired) electrons. The lowest BCUT2D eigenvalue weighted by molar-refractivity contribution is 0.524. The summed E-state index contributed by atoms with van der Waals surface area (Å²) in [4.78, 5) is 0. The molecule has 2 aromatic rings. The van der Waals surface area contributed by atoms with Crippen LogP contribution in [0.1, 0.15) is 23.4 Å². The topological polar surface area (TPSA) is 29.9 Å². The maximum absolute atomic E-state index is 13.5. The van der Waals surface area contributed by atoms with Crippen molar-refractivity contribution in [3.8, 4) is 0 Å². The second-order valence-corrected chi connectivity index (χ2v) is 5.83. The summed E-state index contributed by atoms with van der Waals surface area (Å²) < 4.78 is 16.4. The van der Waals surface area contributed by atoms with Crippen molar-refractivity contribution in [2.45, 2.75) is 33.4 Å². The molecule has 20 heavy (non-hydrogen) atoms. The lowest BCUT2D eigenvalue weighted by atomic mass is 10.2. The van der Waals surface area contributed by atoms with E-state index in [9.17, 15) is 4.39 Å². The van der Waals surface area contributed by atoms with Crippen LogP contribution in [0.5, 0.6) is 0 Å². The molecule has 1 aromatic heterocycles. The predicted octanol–water partition coefficient (Wildman–Crippen LogP) is 3.58. The third-order valence-corrected chi connectivity index (χ3v) is 3.64. The first-order valence-corrected chi connectivity index (χ1v) is 7.51. The summed E-state index contributed by atoms with van der Waals surface area (Å²) in [5, 5.41) is 7.68. The Morgan fingerprint density at radius 3 is 2.80 bits per heavy atom. The van der Waals surface area contributed by atoms with Gasteiger partial charge >= 0.3 is 0 Å². The summed E-state index contributed by atoms with van der Waals surface area (Å²) in [7, 11) is 0. The van der Waals surface area contributed by atoms with Gasteiger partial charge in [-0.05, 0) is 51.1 Å². The summed E-state index contributed by atoms with van der Waals surface area (Å²) in [6.45, 7) is 6.32. The number of aromatic nitrogens is 2. The van der Waals surface area contributed by atoms with Crippen LogP contribution in [0.3, 0.4) is 0 Å². The number of nitrogens with zero attached hydrogens (tertiary/aromatic N) is 2. The van der Waals surface area contributed by atoms with Crippen LogP contribution in [0, 0.1) is 19.7 Å². The van der Waals surface area contributed by atoms with Crippen LogP contribution in [0.15, 0.2) is 28.7 Å². The Morgan fingerprint density at radius 1 is 1.30 bits per heavy atom. The third-order valence-electron chi connectivity index (χ3n) is 3.15. The Kier molecular flexibility index (Phi) is 5.31. The molecular formula is C15H19BrFN3. The minimum atomic E-state index is -0.167. The van der Waals surface area contributed by atoms with E-state index in [0.29, 0.717) is 12.1 Å². The van der Waals surface area contributed by atoms with Crippen LogP contribution in [0.4, 0.5) is 4.39 Å². The van der Waals surface area contributed by atoms with E-state index in [2.05, 4.69) is 39.3 Å². The Morgan fingerprint density at radius 2 is 2.10 bits per heavy atom. The Hall–Kier alpha value is -1.20.